The van der Waals surface area contributed by atoms with E-state index in [1.165, 1.54) is 16.3 Å². The minimum Gasteiger partial charge on any atom is -0.459 e. The Morgan fingerprint density at radius 3 is 1.95 bits per heavy atom. The van der Waals surface area contributed by atoms with E-state index in [0.717, 1.165) is 24.8 Å². The molecule has 0 heterocycles. The van der Waals surface area contributed by atoms with Crippen molar-refractivity contribution in [1.82, 2.24) is 0 Å². The molecular weight excluding hydrogens is 560 g/mol. The van der Waals surface area contributed by atoms with E-state index in [1.807, 2.05) is 42.5 Å². The van der Waals surface area contributed by atoms with Crippen LogP contribution in [0, 0.1) is 0 Å². The maximum atomic E-state index is 13.4. The van der Waals surface area contributed by atoms with E-state index in [-0.39, 0.29) is 13.2 Å². The Hall–Kier alpha value is -3.75. The van der Waals surface area contributed by atoms with Crippen LogP contribution in [-0.2, 0) is 51.1 Å². The molecule has 0 fully saturated rings. The Labute approximate surface area is 261 Å². The van der Waals surface area contributed by atoms with Gasteiger partial charge < -0.3 is 23.7 Å². The van der Waals surface area contributed by atoms with Crippen LogP contribution in [0.2, 0.25) is 0 Å². The fourth-order valence-corrected chi connectivity index (χ4v) is 4.47. The van der Waals surface area contributed by atoms with Gasteiger partial charge in [-0.25, -0.2) is 14.4 Å². The summed E-state index contributed by atoms with van der Waals surface area (Å²) < 4.78 is 28.1. The normalized spacial score (nSPS) is 13.2. The zero-order chi connectivity index (χ0) is 32.2. The first kappa shape index (κ1) is 34.7. The molecule has 2 atom stereocenters. The second-order valence-electron chi connectivity index (χ2n) is 12.7. The molecule has 3 aromatic carbocycles. The van der Waals surface area contributed by atoms with Crippen LogP contribution in [0.5, 0.6) is 0 Å². The number of carbonyl (C=O) groups excluding carboxylic acids is 3. The smallest absolute Gasteiger partial charge is 0.339 e. The molecule has 0 amide bonds. The molecule has 8 nitrogen and oxygen atoms in total. The van der Waals surface area contributed by atoms with E-state index >= 15 is 0 Å². The van der Waals surface area contributed by atoms with Crippen molar-refractivity contribution in [1.29, 1.82) is 0 Å². The van der Waals surface area contributed by atoms with Crippen LogP contribution in [-0.4, -0.2) is 54.5 Å². The monoisotopic (exact) mass is 606 g/mol. The van der Waals surface area contributed by atoms with E-state index in [9.17, 15) is 14.4 Å². The van der Waals surface area contributed by atoms with Crippen LogP contribution < -0.4 is 0 Å². The Morgan fingerprint density at radius 2 is 1.27 bits per heavy atom. The molecule has 8 heteroatoms. The first-order chi connectivity index (χ1) is 20.8. The van der Waals surface area contributed by atoms with Crippen LogP contribution >= 0.6 is 0 Å². The average molecular weight is 607 g/mol. The molecule has 0 bridgehead atoms. The number of fused-ring (bicyclic) bond motifs is 1. The van der Waals surface area contributed by atoms with E-state index in [2.05, 4.69) is 30.3 Å². The lowest BCUT2D eigenvalue weighted by Gasteiger charge is -2.28. The summed E-state index contributed by atoms with van der Waals surface area (Å²) >= 11 is 0. The number of benzene rings is 3. The van der Waals surface area contributed by atoms with Crippen LogP contribution in [0.3, 0.4) is 0 Å². The highest BCUT2D eigenvalue weighted by atomic mass is 16.6. The van der Waals surface area contributed by atoms with Gasteiger partial charge in [0.2, 0.25) is 0 Å². The van der Waals surface area contributed by atoms with Crippen molar-refractivity contribution in [2.45, 2.75) is 97.2 Å². The topological polar surface area (TPSA) is 97.4 Å². The summed E-state index contributed by atoms with van der Waals surface area (Å²) in [5.41, 5.74) is 0.412. The van der Waals surface area contributed by atoms with Crippen molar-refractivity contribution < 1.29 is 38.1 Å². The fourth-order valence-electron chi connectivity index (χ4n) is 4.47. The minimum absolute atomic E-state index is 0.0155. The fraction of sp³-hybridized carbons (Fsp3) is 0.472. The Bertz CT molecular complexity index is 1350. The molecule has 0 aromatic heterocycles. The number of aryl methyl sites for hydroxylation is 1. The molecule has 0 spiro atoms. The highest BCUT2D eigenvalue weighted by Crippen LogP contribution is 2.19. The lowest BCUT2D eigenvalue weighted by molar-refractivity contribution is -0.194. The maximum absolute atomic E-state index is 13.4. The van der Waals surface area contributed by atoms with E-state index < -0.39 is 47.9 Å². The SMILES string of the molecule is CC(C)(C)OC(=O)CO[C@@H](C(=O)OC(C)(C)C)[C@@H](OCCCCCc1ccc2ccccc2c1)C(=O)OCc1ccccc1. The molecule has 0 unspecified atom stereocenters. The van der Waals surface area contributed by atoms with Gasteiger partial charge in [0.05, 0.1) is 0 Å². The van der Waals surface area contributed by atoms with Gasteiger partial charge in [-0.3, -0.25) is 0 Å². The summed E-state index contributed by atoms with van der Waals surface area (Å²) in [6.07, 6.45) is 0.333. The van der Waals surface area contributed by atoms with E-state index in [0.29, 0.717) is 6.42 Å². The molecule has 0 N–H and O–H groups in total. The second kappa shape index (κ2) is 16.4. The summed E-state index contributed by atoms with van der Waals surface area (Å²) in [5.74, 6) is -2.31. The largest absolute Gasteiger partial charge is 0.459 e. The molecule has 0 aliphatic rings. The van der Waals surface area contributed by atoms with Gasteiger partial charge in [0.1, 0.15) is 24.4 Å². The molecule has 44 heavy (non-hydrogen) atoms. The van der Waals surface area contributed by atoms with Gasteiger partial charge >= 0.3 is 17.9 Å². The zero-order valence-electron chi connectivity index (χ0n) is 26.8. The van der Waals surface area contributed by atoms with Crippen molar-refractivity contribution >= 4 is 28.7 Å². The first-order valence-corrected chi connectivity index (χ1v) is 15.2. The van der Waals surface area contributed by atoms with Crippen LogP contribution in [0.1, 0.15) is 71.9 Å². The number of hydrogen-bond donors (Lipinski definition) is 0. The van der Waals surface area contributed by atoms with Gasteiger partial charge in [0.15, 0.2) is 12.2 Å². The van der Waals surface area contributed by atoms with Crippen LogP contribution in [0.4, 0.5) is 0 Å². The number of unbranched alkanes of at least 4 members (excludes halogenated alkanes) is 2. The van der Waals surface area contributed by atoms with Gasteiger partial charge in [-0.2, -0.15) is 0 Å². The molecule has 0 aliphatic heterocycles. The lowest BCUT2D eigenvalue weighted by atomic mass is 10.0. The molecular formula is C36H46O8. The zero-order valence-corrected chi connectivity index (χ0v) is 26.8. The number of esters is 3. The highest BCUT2D eigenvalue weighted by molar-refractivity contribution is 5.86. The van der Waals surface area contributed by atoms with Crippen molar-refractivity contribution in [2.75, 3.05) is 13.2 Å². The molecule has 0 saturated heterocycles. The van der Waals surface area contributed by atoms with Gasteiger partial charge in [0.25, 0.3) is 0 Å². The lowest BCUT2D eigenvalue weighted by Crippen LogP contribution is -2.48. The summed E-state index contributed by atoms with van der Waals surface area (Å²) in [7, 11) is 0. The van der Waals surface area contributed by atoms with E-state index in [4.69, 9.17) is 23.7 Å². The van der Waals surface area contributed by atoms with Crippen molar-refractivity contribution in [3.05, 3.63) is 83.9 Å². The molecule has 238 valence electrons. The summed E-state index contributed by atoms with van der Waals surface area (Å²) in [6, 6.07) is 23.9. The minimum atomic E-state index is -1.54. The number of hydrogen-bond acceptors (Lipinski definition) is 8. The van der Waals surface area contributed by atoms with Crippen LogP contribution in [0.25, 0.3) is 10.8 Å². The van der Waals surface area contributed by atoms with Gasteiger partial charge in [0, 0.05) is 6.61 Å². The predicted molar refractivity (Wildman–Crippen MR) is 169 cm³/mol. The summed E-state index contributed by atoms with van der Waals surface area (Å²) in [4.78, 5) is 39.1. The van der Waals surface area contributed by atoms with Gasteiger partial charge in [-0.05, 0) is 82.7 Å². The maximum Gasteiger partial charge on any atom is 0.339 e. The summed E-state index contributed by atoms with van der Waals surface area (Å²) in [5, 5.41) is 2.42. The number of rotatable bonds is 15. The molecule has 0 radical (unpaired) electrons. The quantitative estimate of drug-likeness (QED) is 0.106. The molecule has 0 saturated carbocycles. The Balaban J connectivity index is 1.66. The highest BCUT2D eigenvalue weighted by Gasteiger charge is 2.40. The Morgan fingerprint density at radius 1 is 0.636 bits per heavy atom. The molecule has 3 rings (SSSR count). The van der Waals surface area contributed by atoms with Gasteiger partial charge in [-0.15, -0.1) is 0 Å². The van der Waals surface area contributed by atoms with Crippen molar-refractivity contribution in [3.8, 4) is 0 Å². The van der Waals surface area contributed by atoms with Gasteiger partial charge in [-0.1, -0.05) is 79.2 Å². The first-order valence-electron chi connectivity index (χ1n) is 15.2. The average Bonchev–Trinajstić information content (AvgIpc) is 2.95. The number of ether oxygens (including phenoxy) is 5. The third-order valence-electron chi connectivity index (χ3n) is 6.39. The Kier molecular flexibility index (Phi) is 12.9. The third kappa shape index (κ3) is 12.5. The van der Waals surface area contributed by atoms with Crippen LogP contribution in [0.15, 0.2) is 72.8 Å². The van der Waals surface area contributed by atoms with Crippen molar-refractivity contribution in [2.24, 2.45) is 0 Å². The third-order valence-corrected chi connectivity index (χ3v) is 6.39. The second-order valence-corrected chi connectivity index (χ2v) is 12.7. The standard InChI is InChI=1S/C36H46O8/c1-35(2,3)43-30(37)25-41-32(34(39)44-36(4,5)6)31(33(38)42-24-27-16-9-7-10-17-27)40-22-14-8-11-15-26-20-21-28-18-12-13-19-29(28)23-26/h7,9-10,12-13,16-21,23,31-32H,8,11,14-15,22,24-25H2,1-6H3/t31-,32-/m1/s1. The number of carbonyl (C=O) groups is 3. The summed E-state index contributed by atoms with van der Waals surface area (Å²) in [6.45, 7) is 9.88. The predicted octanol–water partition coefficient (Wildman–Crippen LogP) is 6.75. The molecule has 3 aromatic rings. The van der Waals surface area contributed by atoms with Crippen molar-refractivity contribution in [3.63, 3.8) is 0 Å². The van der Waals surface area contributed by atoms with E-state index in [1.54, 1.807) is 41.5 Å². The molecule has 0 aliphatic carbocycles.